The van der Waals surface area contributed by atoms with Crippen LogP contribution in [0.5, 0.6) is 0 Å². The maximum atomic E-state index is 12.6. The molecule has 1 unspecified atom stereocenters. The van der Waals surface area contributed by atoms with Gasteiger partial charge in [0.15, 0.2) is 0 Å². The molecule has 1 atom stereocenters. The third-order valence-electron chi connectivity index (χ3n) is 2.35. The molecule has 112 valence electrons. The van der Waals surface area contributed by atoms with Crippen LogP contribution < -0.4 is 10.5 Å². The highest BCUT2D eigenvalue weighted by Crippen LogP contribution is 2.33. The summed E-state index contributed by atoms with van der Waals surface area (Å²) in [6.45, 7) is 1.24. The number of anilines is 1. The van der Waals surface area contributed by atoms with Crippen LogP contribution in [0.1, 0.15) is 12.5 Å². The van der Waals surface area contributed by atoms with Crippen molar-refractivity contribution in [2.45, 2.75) is 18.3 Å². The maximum Gasteiger partial charge on any atom is 0.416 e. The second kappa shape index (κ2) is 5.86. The Bertz CT molecular complexity index is 632. The molecule has 0 aliphatic rings. The molecule has 0 radical (unpaired) electrons. The van der Waals surface area contributed by atoms with Crippen LogP contribution >= 0.6 is 28.1 Å². The van der Waals surface area contributed by atoms with Crippen LogP contribution in [0.2, 0.25) is 0 Å². The monoisotopic (exact) mass is 390 g/mol. The summed E-state index contributed by atoms with van der Waals surface area (Å²) >= 11 is 7.46. The van der Waals surface area contributed by atoms with Crippen molar-refractivity contribution in [1.82, 2.24) is 0 Å². The lowest BCUT2D eigenvalue weighted by atomic mass is 10.2. The molecule has 1 rings (SSSR count). The lowest BCUT2D eigenvalue weighted by Gasteiger charge is -2.15. The van der Waals surface area contributed by atoms with E-state index in [9.17, 15) is 21.6 Å². The van der Waals surface area contributed by atoms with E-state index in [0.29, 0.717) is 6.07 Å². The zero-order valence-corrected chi connectivity index (χ0v) is 13.3. The molecule has 4 nitrogen and oxygen atoms in total. The second-order valence-corrected chi connectivity index (χ2v) is 7.31. The Morgan fingerprint density at radius 2 is 1.95 bits per heavy atom. The van der Waals surface area contributed by atoms with Crippen LogP contribution in [0.4, 0.5) is 18.9 Å². The average molecular weight is 391 g/mol. The van der Waals surface area contributed by atoms with Crippen molar-refractivity contribution in [2.75, 3.05) is 4.72 Å². The highest BCUT2D eigenvalue weighted by atomic mass is 79.9. The molecular weight excluding hydrogens is 381 g/mol. The molecule has 0 fully saturated rings. The first-order chi connectivity index (χ1) is 8.93. The van der Waals surface area contributed by atoms with Crippen molar-refractivity contribution in [2.24, 2.45) is 5.73 Å². The number of halogens is 4. The number of alkyl halides is 3. The van der Waals surface area contributed by atoms with Crippen molar-refractivity contribution in [1.29, 1.82) is 0 Å². The number of sulfonamides is 1. The van der Waals surface area contributed by atoms with Gasteiger partial charge in [-0.2, -0.15) is 13.2 Å². The normalized spacial score (nSPS) is 13.8. The van der Waals surface area contributed by atoms with E-state index in [-0.39, 0.29) is 15.1 Å². The van der Waals surface area contributed by atoms with Crippen molar-refractivity contribution in [3.8, 4) is 0 Å². The van der Waals surface area contributed by atoms with Gasteiger partial charge in [0.25, 0.3) is 0 Å². The van der Waals surface area contributed by atoms with Gasteiger partial charge < -0.3 is 5.73 Å². The van der Waals surface area contributed by atoms with E-state index in [2.05, 4.69) is 28.1 Å². The molecule has 1 aromatic rings. The average Bonchev–Trinajstić information content (AvgIpc) is 2.25. The van der Waals surface area contributed by atoms with Crippen LogP contribution in [0.25, 0.3) is 0 Å². The van der Waals surface area contributed by atoms with Crippen molar-refractivity contribution in [3.05, 3.63) is 28.2 Å². The fourth-order valence-corrected chi connectivity index (χ4v) is 3.02. The number of nitrogens with two attached hydrogens (primary N) is 1. The summed E-state index contributed by atoms with van der Waals surface area (Å²) in [5.74, 6) is 0. The van der Waals surface area contributed by atoms with E-state index in [0.717, 1.165) is 6.07 Å². The first-order valence-corrected chi connectivity index (χ1v) is 7.87. The van der Waals surface area contributed by atoms with Gasteiger partial charge in [0.1, 0.15) is 5.25 Å². The van der Waals surface area contributed by atoms with E-state index >= 15 is 0 Å². The highest BCUT2D eigenvalue weighted by molar-refractivity contribution is 9.10. The summed E-state index contributed by atoms with van der Waals surface area (Å²) in [4.78, 5) is -0.274. The van der Waals surface area contributed by atoms with Crippen LogP contribution in [-0.2, 0) is 16.2 Å². The Labute approximate surface area is 127 Å². The number of thiocarbonyl (C=S) groups is 1. The highest BCUT2D eigenvalue weighted by Gasteiger charge is 2.32. The fraction of sp³-hybridized carbons (Fsp3) is 0.300. The molecular formula is C10H10BrF3N2O2S2. The third kappa shape index (κ3) is 4.32. The third-order valence-corrected chi connectivity index (χ3v) is 5.02. The summed E-state index contributed by atoms with van der Waals surface area (Å²) < 4.78 is 63.7. The molecule has 0 spiro atoms. The van der Waals surface area contributed by atoms with Gasteiger partial charge >= 0.3 is 6.18 Å². The molecule has 1 aromatic carbocycles. The Balaban J connectivity index is 3.17. The molecule has 0 bridgehead atoms. The van der Waals surface area contributed by atoms with Gasteiger partial charge in [-0.25, -0.2) is 8.42 Å². The minimum absolute atomic E-state index is 0.0907. The molecule has 0 amide bonds. The molecule has 20 heavy (non-hydrogen) atoms. The van der Waals surface area contributed by atoms with Crippen LogP contribution in [0.15, 0.2) is 22.7 Å². The Morgan fingerprint density at radius 1 is 1.40 bits per heavy atom. The van der Waals surface area contributed by atoms with E-state index in [1.165, 1.54) is 13.0 Å². The van der Waals surface area contributed by atoms with Gasteiger partial charge in [-0.15, -0.1) is 0 Å². The van der Waals surface area contributed by atoms with Gasteiger partial charge in [-0.1, -0.05) is 28.1 Å². The molecule has 0 aliphatic heterocycles. The largest absolute Gasteiger partial charge is 0.416 e. The van der Waals surface area contributed by atoms with Crippen LogP contribution in [0, 0.1) is 0 Å². The second-order valence-electron chi connectivity index (χ2n) is 3.92. The van der Waals surface area contributed by atoms with E-state index < -0.39 is 27.0 Å². The summed E-state index contributed by atoms with van der Waals surface area (Å²) in [6, 6.07) is 2.74. The summed E-state index contributed by atoms with van der Waals surface area (Å²) in [5, 5.41) is -1.20. The molecule has 0 heterocycles. The zero-order valence-electron chi connectivity index (χ0n) is 10.0. The topological polar surface area (TPSA) is 72.2 Å². The predicted octanol–water partition coefficient (Wildman–Crippen LogP) is 2.88. The first-order valence-electron chi connectivity index (χ1n) is 5.12. The van der Waals surface area contributed by atoms with Crippen molar-refractivity contribution in [3.63, 3.8) is 0 Å². The summed E-state index contributed by atoms with van der Waals surface area (Å²) in [7, 11) is -4.00. The van der Waals surface area contributed by atoms with Crippen LogP contribution in [0.3, 0.4) is 0 Å². The van der Waals surface area contributed by atoms with Gasteiger partial charge in [-0.05, 0) is 25.1 Å². The van der Waals surface area contributed by atoms with Gasteiger partial charge in [0.05, 0.1) is 16.2 Å². The van der Waals surface area contributed by atoms with Gasteiger partial charge in [-0.3, -0.25) is 4.72 Å². The molecule has 0 saturated carbocycles. The Morgan fingerprint density at radius 3 is 2.40 bits per heavy atom. The van der Waals surface area contributed by atoms with Gasteiger partial charge in [0.2, 0.25) is 10.0 Å². The number of nitrogens with one attached hydrogen (secondary N) is 1. The lowest BCUT2D eigenvalue weighted by molar-refractivity contribution is -0.137. The number of benzene rings is 1. The van der Waals surface area contributed by atoms with Crippen molar-refractivity contribution < 1.29 is 21.6 Å². The summed E-state index contributed by atoms with van der Waals surface area (Å²) in [6.07, 6.45) is -4.58. The zero-order chi connectivity index (χ0) is 15.7. The van der Waals surface area contributed by atoms with Crippen LogP contribution in [-0.4, -0.2) is 18.7 Å². The Kier molecular flexibility index (Phi) is 5.03. The minimum atomic E-state index is -4.58. The molecule has 0 aliphatic carbocycles. The van der Waals surface area contributed by atoms with Gasteiger partial charge in [0, 0.05) is 4.47 Å². The number of hydrogen-bond acceptors (Lipinski definition) is 3. The molecule has 3 N–H and O–H groups in total. The predicted molar refractivity (Wildman–Crippen MR) is 77.9 cm³/mol. The maximum absolute atomic E-state index is 12.6. The fourth-order valence-electron chi connectivity index (χ4n) is 1.22. The smallest absolute Gasteiger partial charge is 0.392 e. The number of rotatable bonds is 4. The Hall–Kier alpha value is -0.870. The quantitative estimate of drug-likeness (QED) is 0.775. The molecule has 0 aromatic heterocycles. The van der Waals surface area contributed by atoms with E-state index in [1.807, 2.05) is 4.72 Å². The minimum Gasteiger partial charge on any atom is -0.392 e. The SMILES string of the molecule is CC(C(N)=S)S(=O)(=O)Nc1cc(Br)cc(C(F)(F)F)c1. The molecule has 0 saturated heterocycles. The van der Waals surface area contributed by atoms with Crippen molar-refractivity contribution >= 4 is 48.8 Å². The lowest BCUT2D eigenvalue weighted by Crippen LogP contribution is -2.35. The first kappa shape index (κ1) is 17.2. The van der Waals surface area contributed by atoms with E-state index in [1.54, 1.807) is 0 Å². The summed E-state index contributed by atoms with van der Waals surface area (Å²) in [5.41, 5.74) is 4.02. The molecule has 10 heteroatoms. The number of hydrogen-bond donors (Lipinski definition) is 2. The van der Waals surface area contributed by atoms with E-state index in [4.69, 9.17) is 5.73 Å². The standard InChI is InChI=1S/C10H10BrF3N2O2S2/c1-5(9(15)19)20(17,18)16-8-3-6(10(12,13)14)2-7(11)4-8/h2-5,16H,1H3,(H2,15,19).